The predicted molar refractivity (Wildman–Crippen MR) is 94.0 cm³/mol. The Morgan fingerprint density at radius 3 is 2.74 bits per heavy atom. The van der Waals surface area contributed by atoms with Crippen LogP contribution in [0.2, 0.25) is 5.02 Å². The number of anilines is 1. The fourth-order valence-electron chi connectivity index (χ4n) is 2.02. The summed E-state index contributed by atoms with van der Waals surface area (Å²) in [6.45, 7) is 1.28. The minimum absolute atomic E-state index is 0. The molecule has 1 amide bonds. The van der Waals surface area contributed by atoms with Crippen LogP contribution in [0.1, 0.15) is 16.1 Å². The zero-order chi connectivity index (χ0) is 15.9. The maximum absolute atomic E-state index is 12.7. The van der Waals surface area contributed by atoms with Crippen LogP contribution < -0.4 is 5.73 Å². The molecular weight excluding hydrogens is 337 g/mol. The van der Waals surface area contributed by atoms with E-state index in [2.05, 4.69) is 4.98 Å². The summed E-state index contributed by atoms with van der Waals surface area (Å²) in [4.78, 5) is 18.6. The van der Waals surface area contributed by atoms with E-state index in [0.717, 1.165) is 5.69 Å². The number of amides is 1. The van der Waals surface area contributed by atoms with Gasteiger partial charge in [0.1, 0.15) is 0 Å². The van der Waals surface area contributed by atoms with Crippen molar-refractivity contribution in [2.75, 3.05) is 26.0 Å². The van der Waals surface area contributed by atoms with Gasteiger partial charge in [0.2, 0.25) is 0 Å². The van der Waals surface area contributed by atoms with Gasteiger partial charge in [0.25, 0.3) is 5.91 Å². The predicted octanol–water partition coefficient (Wildman–Crippen LogP) is 3.03. The van der Waals surface area contributed by atoms with Crippen LogP contribution in [-0.2, 0) is 11.3 Å². The van der Waals surface area contributed by atoms with Gasteiger partial charge in [-0.1, -0.05) is 17.7 Å². The third kappa shape index (κ3) is 5.39. The zero-order valence-corrected chi connectivity index (χ0v) is 14.3. The largest absolute Gasteiger partial charge is 0.399 e. The number of nitrogens with two attached hydrogens (primary N) is 1. The Balaban J connectivity index is 0.00000264. The van der Waals surface area contributed by atoms with Gasteiger partial charge in [-0.25, -0.2) is 0 Å². The molecule has 1 aromatic heterocycles. The number of aromatic nitrogens is 1. The van der Waals surface area contributed by atoms with Crippen LogP contribution in [0.15, 0.2) is 42.6 Å². The summed E-state index contributed by atoms with van der Waals surface area (Å²) >= 11 is 6.13. The number of carbonyl (C=O) groups excluding carboxylic acids is 1. The van der Waals surface area contributed by atoms with E-state index in [4.69, 9.17) is 22.1 Å². The van der Waals surface area contributed by atoms with Gasteiger partial charge in [-0.3, -0.25) is 9.78 Å². The second-order valence-electron chi connectivity index (χ2n) is 4.78. The first-order valence-electron chi connectivity index (χ1n) is 6.85. The maximum atomic E-state index is 12.7. The van der Waals surface area contributed by atoms with Crippen molar-refractivity contribution in [3.8, 4) is 0 Å². The number of halogens is 2. The number of pyridine rings is 1. The molecule has 1 heterocycles. The number of nitrogens with zero attached hydrogens (tertiary/aromatic N) is 2. The van der Waals surface area contributed by atoms with E-state index in [1.807, 2.05) is 18.2 Å². The molecule has 0 unspecified atom stereocenters. The molecule has 23 heavy (non-hydrogen) atoms. The number of benzene rings is 1. The van der Waals surface area contributed by atoms with Crippen LogP contribution in [-0.4, -0.2) is 36.1 Å². The molecule has 2 aromatic rings. The molecule has 0 spiro atoms. The van der Waals surface area contributed by atoms with Crippen LogP contribution >= 0.6 is 24.0 Å². The summed E-state index contributed by atoms with van der Waals surface area (Å²) < 4.78 is 5.08. The molecule has 0 fully saturated rings. The lowest BCUT2D eigenvalue weighted by Crippen LogP contribution is -2.34. The van der Waals surface area contributed by atoms with Crippen molar-refractivity contribution in [2.24, 2.45) is 0 Å². The van der Waals surface area contributed by atoms with Gasteiger partial charge in [-0.15, -0.1) is 12.4 Å². The summed E-state index contributed by atoms with van der Waals surface area (Å²) in [5.41, 5.74) is 7.41. The van der Waals surface area contributed by atoms with Crippen LogP contribution in [0.25, 0.3) is 0 Å². The number of rotatable bonds is 6. The summed E-state index contributed by atoms with van der Waals surface area (Å²) in [5.74, 6) is -0.173. The summed E-state index contributed by atoms with van der Waals surface area (Å²) in [7, 11) is 1.60. The molecule has 0 saturated carbocycles. The Labute approximate surface area is 146 Å². The van der Waals surface area contributed by atoms with E-state index < -0.39 is 0 Å². The normalized spacial score (nSPS) is 10.0. The number of ether oxygens (including phenoxy) is 1. The Bertz CT molecular complexity index is 638. The highest BCUT2D eigenvalue weighted by Crippen LogP contribution is 2.21. The fraction of sp³-hybridized carbons (Fsp3) is 0.250. The summed E-state index contributed by atoms with van der Waals surface area (Å²) in [6.07, 6.45) is 1.70. The molecule has 0 radical (unpaired) electrons. The second kappa shape index (κ2) is 9.35. The molecule has 7 heteroatoms. The topological polar surface area (TPSA) is 68.5 Å². The lowest BCUT2D eigenvalue weighted by Gasteiger charge is -2.22. The van der Waals surface area contributed by atoms with Crippen molar-refractivity contribution in [3.05, 3.63) is 58.9 Å². The van der Waals surface area contributed by atoms with Crippen molar-refractivity contribution >= 4 is 35.6 Å². The molecule has 5 nitrogen and oxygen atoms in total. The van der Waals surface area contributed by atoms with Crippen LogP contribution in [0.5, 0.6) is 0 Å². The molecule has 0 aliphatic carbocycles. The highest BCUT2D eigenvalue weighted by atomic mass is 35.5. The van der Waals surface area contributed by atoms with Crippen molar-refractivity contribution in [1.29, 1.82) is 0 Å². The van der Waals surface area contributed by atoms with Gasteiger partial charge in [0.05, 0.1) is 29.4 Å². The first-order valence-corrected chi connectivity index (χ1v) is 7.22. The Morgan fingerprint density at radius 1 is 1.35 bits per heavy atom. The number of carbonyl (C=O) groups is 1. The lowest BCUT2D eigenvalue weighted by molar-refractivity contribution is 0.0678. The molecule has 0 saturated heterocycles. The minimum atomic E-state index is -0.173. The van der Waals surface area contributed by atoms with E-state index in [9.17, 15) is 4.79 Å². The van der Waals surface area contributed by atoms with Crippen LogP contribution in [0, 0.1) is 0 Å². The van der Waals surface area contributed by atoms with E-state index >= 15 is 0 Å². The molecule has 0 atom stereocenters. The van der Waals surface area contributed by atoms with Gasteiger partial charge >= 0.3 is 0 Å². The molecule has 124 valence electrons. The standard InChI is InChI=1S/C16H18ClN3O2.ClH/c1-22-9-8-20(11-13-4-2-3-7-19-13)16(21)14-6-5-12(18)10-15(14)17;/h2-7,10H,8-9,11,18H2,1H3;1H. The SMILES string of the molecule is COCCN(Cc1ccccn1)C(=O)c1ccc(N)cc1Cl.Cl. The van der Waals surface area contributed by atoms with Gasteiger partial charge in [-0.2, -0.15) is 0 Å². The van der Waals surface area contributed by atoms with Crippen molar-refractivity contribution < 1.29 is 9.53 Å². The van der Waals surface area contributed by atoms with E-state index in [1.54, 1.807) is 36.4 Å². The van der Waals surface area contributed by atoms with Gasteiger partial charge in [-0.05, 0) is 30.3 Å². The molecule has 0 aliphatic rings. The first kappa shape index (κ1) is 19.2. The average molecular weight is 356 g/mol. The van der Waals surface area contributed by atoms with Crippen molar-refractivity contribution in [2.45, 2.75) is 6.54 Å². The van der Waals surface area contributed by atoms with E-state index in [-0.39, 0.29) is 18.3 Å². The van der Waals surface area contributed by atoms with E-state index in [0.29, 0.717) is 36.0 Å². The van der Waals surface area contributed by atoms with Crippen molar-refractivity contribution in [1.82, 2.24) is 9.88 Å². The number of methoxy groups -OCH3 is 1. The number of nitrogen functional groups attached to an aromatic ring is 1. The minimum Gasteiger partial charge on any atom is -0.399 e. The molecule has 0 aliphatic heterocycles. The molecule has 0 bridgehead atoms. The Morgan fingerprint density at radius 2 is 2.13 bits per heavy atom. The third-order valence-corrected chi connectivity index (χ3v) is 3.47. The maximum Gasteiger partial charge on any atom is 0.255 e. The quantitative estimate of drug-likeness (QED) is 0.808. The monoisotopic (exact) mass is 355 g/mol. The van der Waals surface area contributed by atoms with Gasteiger partial charge in [0.15, 0.2) is 0 Å². The molecule has 2 rings (SSSR count). The second-order valence-corrected chi connectivity index (χ2v) is 5.19. The lowest BCUT2D eigenvalue weighted by atomic mass is 10.1. The zero-order valence-electron chi connectivity index (χ0n) is 12.7. The molecular formula is C16H19Cl2N3O2. The Hall–Kier alpha value is -1.82. The fourth-order valence-corrected chi connectivity index (χ4v) is 2.29. The number of hydrogen-bond donors (Lipinski definition) is 1. The molecule has 1 aromatic carbocycles. The van der Waals surface area contributed by atoms with Crippen LogP contribution in [0.3, 0.4) is 0 Å². The van der Waals surface area contributed by atoms with Crippen LogP contribution in [0.4, 0.5) is 5.69 Å². The summed E-state index contributed by atoms with van der Waals surface area (Å²) in [5, 5.41) is 0.341. The Kier molecular flexibility index (Phi) is 7.81. The van der Waals surface area contributed by atoms with Gasteiger partial charge in [0, 0.05) is 25.5 Å². The van der Waals surface area contributed by atoms with E-state index in [1.165, 1.54) is 0 Å². The highest BCUT2D eigenvalue weighted by Gasteiger charge is 2.19. The molecule has 2 N–H and O–H groups in total. The third-order valence-electron chi connectivity index (χ3n) is 3.16. The first-order chi connectivity index (χ1) is 10.6. The smallest absolute Gasteiger partial charge is 0.255 e. The highest BCUT2D eigenvalue weighted by molar-refractivity contribution is 6.34. The average Bonchev–Trinajstić information content (AvgIpc) is 2.52. The number of hydrogen-bond acceptors (Lipinski definition) is 4. The van der Waals surface area contributed by atoms with Gasteiger partial charge < -0.3 is 15.4 Å². The summed E-state index contributed by atoms with van der Waals surface area (Å²) in [6, 6.07) is 10.5. The van der Waals surface area contributed by atoms with Crippen molar-refractivity contribution in [3.63, 3.8) is 0 Å².